The van der Waals surface area contributed by atoms with Gasteiger partial charge in [-0.05, 0) is 19.3 Å². The van der Waals surface area contributed by atoms with Crippen LogP contribution in [-0.4, -0.2) is 69.6 Å². The molecule has 1 fully saturated rings. The van der Waals surface area contributed by atoms with Crippen molar-refractivity contribution in [2.24, 2.45) is 11.3 Å². The van der Waals surface area contributed by atoms with E-state index in [0.29, 0.717) is 6.42 Å². The van der Waals surface area contributed by atoms with Gasteiger partial charge in [0.05, 0.1) is 31.5 Å². The van der Waals surface area contributed by atoms with Gasteiger partial charge in [0.25, 0.3) is 10.1 Å². The zero-order valence-electron chi connectivity index (χ0n) is 19.3. The highest BCUT2D eigenvalue weighted by Crippen LogP contribution is 2.25. The van der Waals surface area contributed by atoms with E-state index in [4.69, 9.17) is 13.7 Å². The Balaban J connectivity index is 2.28. The maximum atomic E-state index is 12.1. The second-order valence-electron chi connectivity index (χ2n) is 8.78. The molecule has 2 N–H and O–H groups in total. The van der Waals surface area contributed by atoms with Gasteiger partial charge in [0.1, 0.15) is 0 Å². The topological polar surface area (TPSA) is 145 Å². The lowest BCUT2D eigenvalue weighted by atomic mass is 9.88. The van der Waals surface area contributed by atoms with E-state index in [1.165, 1.54) is 20.8 Å². The number of amides is 1. The van der Waals surface area contributed by atoms with E-state index in [-0.39, 0.29) is 49.7 Å². The molecule has 1 aliphatic rings. The van der Waals surface area contributed by atoms with Gasteiger partial charge in [0, 0.05) is 25.3 Å². The number of aliphatic hydroxyl groups excluding tert-OH is 1. The zero-order chi connectivity index (χ0) is 24.2. The van der Waals surface area contributed by atoms with Crippen molar-refractivity contribution < 1.29 is 41.6 Å². The molecule has 0 aliphatic heterocycles. The Morgan fingerprint density at radius 3 is 2.31 bits per heavy atom. The first-order chi connectivity index (χ1) is 14.9. The maximum Gasteiger partial charge on any atom is 0.335 e. The van der Waals surface area contributed by atoms with Crippen molar-refractivity contribution in [3.8, 4) is 0 Å². The van der Waals surface area contributed by atoms with Crippen molar-refractivity contribution in [3.63, 3.8) is 0 Å². The summed E-state index contributed by atoms with van der Waals surface area (Å²) in [4.78, 5) is 34.8. The van der Waals surface area contributed by atoms with Gasteiger partial charge in [-0.15, -0.1) is 0 Å². The third kappa shape index (κ3) is 11.2. The molecule has 1 rings (SSSR count). The molecule has 0 saturated heterocycles. The van der Waals surface area contributed by atoms with Crippen LogP contribution in [0.15, 0.2) is 0 Å². The van der Waals surface area contributed by atoms with Crippen LogP contribution in [0.3, 0.4) is 0 Å². The molecule has 1 atom stereocenters. The van der Waals surface area contributed by atoms with E-state index in [1.54, 1.807) is 0 Å². The highest BCUT2D eigenvalue weighted by molar-refractivity contribution is 7.86. The fraction of sp³-hybridized carbons (Fsp3) is 0.857. The zero-order valence-corrected chi connectivity index (χ0v) is 20.1. The number of hydrogen-bond acceptors (Lipinski definition) is 9. The van der Waals surface area contributed by atoms with Crippen LogP contribution in [-0.2, 0) is 38.2 Å². The number of carbonyl (C=O) groups excluding carboxylic acids is 3. The van der Waals surface area contributed by atoms with E-state index in [9.17, 15) is 27.9 Å². The standard InChI is InChI=1S/C21H37NO9S/c1-16(23)22-11-7-14-32(27,28)31-15-21(2,3)18(24)20(26)30-13-8-12-29-19(25)17-9-5-4-6-10-17/h17-18,24H,4-15H2,1-3H3,(H,22,23)/t18-/m0/s1. The van der Waals surface area contributed by atoms with E-state index >= 15 is 0 Å². The second-order valence-corrected chi connectivity index (χ2v) is 10.5. The van der Waals surface area contributed by atoms with Crippen molar-refractivity contribution in [1.82, 2.24) is 5.32 Å². The largest absolute Gasteiger partial charge is 0.465 e. The summed E-state index contributed by atoms with van der Waals surface area (Å²) in [7, 11) is -3.88. The number of hydrogen-bond donors (Lipinski definition) is 2. The Bertz CT molecular complexity index is 715. The molecule has 186 valence electrons. The number of esters is 2. The van der Waals surface area contributed by atoms with Gasteiger partial charge in [0.15, 0.2) is 6.10 Å². The third-order valence-corrected chi connectivity index (χ3v) is 6.50. The van der Waals surface area contributed by atoms with Crippen molar-refractivity contribution in [3.05, 3.63) is 0 Å². The lowest BCUT2D eigenvalue weighted by Crippen LogP contribution is -2.41. The van der Waals surface area contributed by atoms with Gasteiger partial charge in [-0.2, -0.15) is 8.42 Å². The summed E-state index contributed by atoms with van der Waals surface area (Å²) in [5.74, 6) is -1.72. The lowest BCUT2D eigenvalue weighted by Gasteiger charge is -2.28. The predicted molar refractivity (Wildman–Crippen MR) is 116 cm³/mol. The van der Waals surface area contributed by atoms with Crippen molar-refractivity contribution in [2.75, 3.05) is 32.1 Å². The molecule has 1 aliphatic carbocycles. The monoisotopic (exact) mass is 479 g/mol. The lowest BCUT2D eigenvalue weighted by molar-refractivity contribution is -0.162. The summed E-state index contributed by atoms with van der Waals surface area (Å²) in [6.45, 7) is 4.18. The van der Waals surface area contributed by atoms with Gasteiger partial charge in [0.2, 0.25) is 5.91 Å². The molecule has 0 spiro atoms. The number of aliphatic hydroxyl groups is 1. The average molecular weight is 480 g/mol. The molecular formula is C21H37NO9S. The first kappa shape index (κ1) is 28.3. The molecule has 1 saturated carbocycles. The maximum absolute atomic E-state index is 12.1. The molecule has 11 heteroatoms. The quantitative estimate of drug-likeness (QED) is 0.214. The summed E-state index contributed by atoms with van der Waals surface area (Å²) in [6.07, 6.45) is 3.80. The fourth-order valence-electron chi connectivity index (χ4n) is 3.15. The van der Waals surface area contributed by atoms with Crippen LogP contribution in [0.1, 0.15) is 65.7 Å². The Labute approximate surface area is 190 Å². The molecule has 0 aromatic heterocycles. The molecule has 0 radical (unpaired) electrons. The smallest absolute Gasteiger partial charge is 0.335 e. The van der Waals surface area contributed by atoms with E-state index in [0.717, 1.165) is 32.1 Å². The van der Waals surface area contributed by atoms with Crippen molar-refractivity contribution in [1.29, 1.82) is 0 Å². The summed E-state index contributed by atoms with van der Waals surface area (Å²) in [5.41, 5.74) is -1.21. The minimum atomic E-state index is -3.88. The molecule has 0 bridgehead atoms. The van der Waals surface area contributed by atoms with Crippen molar-refractivity contribution in [2.45, 2.75) is 71.8 Å². The number of rotatable bonds is 14. The molecule has 0 aromatic carbocycles. The van der Waals surface area contributed by atoms with E-state index in [2.05, 4.69) is 5.32 Å². The van der Waals surface area contributed by atoms with Crippen LogP contribution in [0, 0.1) is 11.3 Å². The van der Waals surface area contributed by atoms with Crippen LogP contribution >= 0.6 is 0 Å². The van der Waals surface area contributed by atoms with Gasteiger partial charge in [-0.3, -0.25) is 13.8 Å². The molecule has 1 amide bonds. The molecule has 0 aromatic rings. The van der Waals surface area contributed by atoms with Crippen LogP contribution in [0.2, 0.25) is 0 Å². The Morgan fingerprint density at radius 2 is 1.69 bits per heavy atom. The Kier molecular flexibility index (Phi) is 12.2. The van der Waals surface area contributed by atoms with Crippen molar-refractivity contribution >= 4 is 28.0 Å². The minimum Gasteiger partial charge on any atom is -0.465 e. The van der Waals surface area contributed by atoms with Gasteiger partial charge in [-0.25, -0.2) is 4.79 Å². The number of ether oxygens (including phenoxy) is 2. The van der Waals surface area contributed by atoms with Crippen LogP contribution in [0.4, 0.5) is 0 Å². The van der Waals surface area contributed by atoms with E-state index in [1.807, 2.05) is 0 Å². The summed E-state index contributed by atoms with van der Waals surface area (Å²) < 4.78 is 39.1. The molecule has 0 unspecified atom stereocenters. The normalized spacial score (nSPS) is 16.2. The van der Waals surface area contributed by atoms with Gasteiger partial charge >= 0.3 is 11.9 Å². The molecular weight excluding hydrogens is 442 g/mol. The predicted octanol–water partition coefficient (Wildman–Crippen LogP) is 1.30. The number of carbonyl (C=O) groups is 3. The Hall–Kier alpha value is -1.72. The Morgan fingerprint density at radius 1 is 1.06 bits per heavy atom. The minimum absolute atomic E-state index is 0.0355. The fourth-order valence-corrected chi connectivity index (χ4v) is 4.25. The summed E-state index contributed by atoms with van der Waals surface area (Å²) in [5, 5.41) is 12.7. The highest BCUT2D eigenvalue weighted by Gasteiger charge is 2.36. The number of nitrogens with one attached hydrogen (secondary N) is 1. The van der Waals surface area contributed by atoms with Gasteiger partial charge < -0.3 is 19.9 Å². The van der Waals surface area contributed by atoms with Gasteiger partial charge in [-0.1, -0.05) is 33.1 Å². The van der Waals surface area contributed by atoms with E-state index < -0.39 is 34.2 Å². The molecule has 32 heavy (non-hydrogen) atoms. The average Bonchev–Trinajstić information content (AvgIpc) is 2.75. The SMILES string of the molecule is CC(=O)NCCCS(=O)(=O)OCC(C)(C)[C@@H](O)C(=O)OCCCOC(=O)C1CCCCC1. The van der Waals surface area contributed by atoms with Crippen LogP contribution < -0.4 is 5.32 Å². The highest BCUT2D eigenvalue weighted by atomic mass is 32.2. The molecule has 10 nitrogen and oxygen atoms in total. The second kappa shape index (κ2) is 13.7. The summed E-state index contributed by atoms with van der Waals surface area (Å²) >= 11 is 0. The van der Waals surface area contributed by atoms with Crippen LogP contribution in [0.5, 0.6) is 0 Å². The summed E-state index contributed by atoms with van der Waals surface area (Å²) in [6, 6.07) is 0. The molecule has 0 heterocycles. The first-order valence-corrected chi connectivity index (χ1v) is 12.7. The van der Waals surface area contributed by atoms with Crippen LogP contribution in [0.25, 0.3) is 0 Å². The third-order valence-electron chi connectivity index (χ3n) is 5.23. The first-order valence-electron chi connectivity index (χ1n) is 11.1.